The molecule has 4 aromatic rings. The van der Waals surface area contributed by atoms with Crippen LogP contribution in [0.1, 0.15) is 21.7 Å². The van der Waals surface area contributed by atoms with Gasteiger partial charge in [0, 0.05) is 24.8 Å². The number of nitrogens with one attached hydrogen (secondary N) is 1. The van der Waals surface area contributed by atoms with Crippen LogP contribution in [0.25, 0.3) is 16.8 Å². The average Bonchev–Trinajstić information content (AvgIpc) is 3.21. The van der Waals surface area contributed by atoms with E-state index in [4.69, 9.17) is 4.42 Å². The average molecular weight is 455 g/mol. The van der Waals surface area contributed by atoms with Crippen LogP contribution in [0.5, 0.6) is 0 Å². The molecule has 172 valence electrons. The molecule has 33 heavy (non-hydrogen) atoms. The van der Waals surface area contributed by atoms with Gasteiger partial charge in [0.2, 0.25) is 0 Å². The second kappa shape index (κ2) is 8.62. The Morgan fingerprint density at radius 1 is 1.15 bits per heavy atom. The molecule has 0 aliphatic rings. The first-order valence-electron chi connectivity index (χ1n) is 10.3. The number of hydrogen-bond donors (Lipinski definition) is 1. The monoisotopic (exact) mass is 455 g/mol. The molecule has 4 rings (SSSR count). The van der Waals surface area contributed by atoms with Crippen molar-refractivity contribution >= 4 is 22.7 Å². The van der Waals surface area contributed by atoms with Crippen molar-refractivity contribution in [2.75, 3.05) is 26.0 Å². The number of aryl methyl sites for hydroxylation is 1. The molecule has 2 heterocycles. The van der Waals surface area contributed by atoms with Crippen molar-refractivity contribution in [2.45, 2.75) is 20.4 Å². The second-order valence-electron chi connectivity index (χ2n) is 8.01. The van der Waals surface area contributed by atoms with Crippen molar-refractivity contribution < 1.29 is 18.0 Å². The van der Waals surface area contributed by atoms with Crippen molar-refractivity contribution in [1.82, 2.24) is 19.2 Å². The zero-order valence-electron chi connectivity index (χ0n) is 18.6. The fourth-order valence-electron chi connectivity index (χ4n) is 3.70. The number of carbonyl (C=O) groups excluding carboxylic acids is 1. The first-order chi connectivity index (χ1) is 15.7. The third-order valence-electron chi connectivity index (χ3n) is 5.35. The van der Waals surface area contributed by atoms with Crippen LogP contribution >= 0.6 is 0 Å². The molecule has 2 aromatic carbocycles. The quantitative estimate of drug-likeness (QED) is 0.481. The van der Waals surface area contributed by atoms with Gasteiger partial charge in [-0.3, -0.25) is 9.36 Å². The number of amides is 1. The molecular weight excluding hydrogens is 432 g/mol. The molecule has 1 amide bonds. The fraction of sp³-hybridized carbons (Fsp3) is 0.261. The van der Waals surface area contributed by atoms with Gasteiger partial charge in [0.25, 0.3) is 5.91 Å². The molecule has 0 saturated heterocycles. The molecule has 0 saturated carbocycles. The molecule has 0 unspecified atom stereocenters. The summed E-state index contributed by atoms with van der Waals surface area (Å²) in [5, 5.41) is 7.08. The Kier molecular flexibility index (Phi) is 5.86. The van der Waals surface area contributed by atoms with E-state index < -0.39 is 23.3 Å². The van der Waals surface area contributed by atoms with Gasteiger partial charge in [-0.2, -0.15) is 5.10 Å². The number of oxazole rings is 1. The van der Waals surface area contributed by atoms with Gasteiger partial charge in [0.1, 0.15) is 11.5 Å². The number of carbonyl (C=O) groups is 1. The van der Waals surface area contributed by atoms with Crippen molar-refractivity contribution in [2.24, 2.45) is 0 Å². The number of rotatable bonds is 6. The number of nitrogens with zero attached hydrogens (tertiary/aromatic N) is 4. The highest BCUT2D eigenvalue weighted by atomic mass is 19.1. The third kappa shape index (κ3) is 4.29. The van der Waals surface area contributed by atoms with Gasteiger partial charge in [0.15, 0.2) is 11.4 Å². The molecule has 2 aromatic heterocycles. The third-order valence-corrected chi connectivity index (χ3v) is 5.35. The summed E-state index contributed by atoms with van der Waals surface area (Å²) in [6.07, 6.45) is 0. The van der Waals surface area contributed by atoms with Crippen LogP contribution in [0.4, 0.5) is 14.5 Å². The molecule has 8 nitrogen and oxygen atoms in total. The highest BCUT2D eigenvalue weighted by Gasteiger charge is 2.21. The summed E-state index contributed by atoms with van der Waals surface area (Å²) < 4.78 is 35.6. The van der Waals surface area contributed by atoms with Crippen LogP contribution in [0.3, 0.4) is 0 Å². The zero-order chi connectivity index (χ0) is 23.9. The Labute approximate surface area is 188 Å². The van der Waals surface area contributed by atoms with Gasteiger partial charge >= 0.3 is 5.76 Å². The summed E-state index contributed by atoms with van der Waals surface area (Å²) in [7, 11) is 3.81. The van der Waals surface area contributed by atoms with Crippen LogP contribution in [-0.2, 0) is 6.54 Å². The largest absolute Gasteiger partial charge is 0.419 e. The lowest BCUT2D eigenvalue weighted by Crippen LogP contribution is -2.23. The van der Waals surface area contributed by atoms with E-state index >= 15 is 0 Å². The Bertz CT molecular complexity index is 1420. The number of benzene rings is 2. The summed E-state index contributed by atoms with van der Waals surface area (Å²) in [4.78, 5) is 27.2. The second-order valence-corrected chi connectivity index (χ2v) is 8.01. The fourth-order valence-corrected chi connectivity index (χ4v) is 3.70. The van der Waals surface area contributed by atoms with Crippen LogP contribution in [0.15, 0.2) is 45.6 Å². The van der Waals surface area contributed by atoms with E-state index in [0.717, 1.165) is 12.1 Å². The molecule has 1 N–H and O–H groups in total. The van der Waals surface area contributed by atoms with Crippen LogP contribution < -0.4 is 11.1 Å². The minimum atomic E-state index is -0.784. The molecule has 0 fully saturated rings. The minimum Gasteiger partial charge on any atom is -0.408 e. The molecule has 0 atom stereocenters. The van der Waals surface area contributed by atoms with Gasteiger partial charge < -0.3 is 14.6 Å². The SMILES string of the molecule is Cc1nn(-c2ccc(F)cc2F)c(C)c1C(=O)Nc1ccc2oc(=O)n(CCN(C)C)c2c1. The van der Waals surface area contributed by atoms with Crippen molar-refractivity contribution in [1.29, 1.82) is 0 Å². The summed E-state index contributed by atoms with van der Waals surface area (Å²) in [5.74, 6) is -2.39. The van der Waals surface area contributed by atoms with Crippen LogP contribution in [0, 0.1) is 25.5 Å². The van der Waals surface area contributed by atoms with Gasteiger partial charge in [-0.05, 0) is 58.3 Å². The Morgan fingerprint density at radius 2 is 1.91 bits per heavy atom. The van der Waals surface area contributed by atoms with Crippen molar-refractivity contribution in [3.63, 3.8) is 0 Å². The maximum Gasteiger partial charge on any atom is 0.419 e. The predicted molar refractivity (Wildman–Crippen MR) is 120 cm³/mol. The number of likely N-dealkylation sites (N-methyl/N-ethyl adjacent to an activating group) is 1. The highest BCUT2D eigenvalue weighted by molar-refractivity contribution is 6.06. The minimum absolute atomic E-state index is 0.0424. The number of hydrogen-bond acceptors (Lipinski definition) is 5. The zero-order valence-corrected chi connectivity index (χ0v) is 18.6. The Morgan fingerprint density at radius 3 is 2.61 bits per heavy atom. The molecule has 0 aliphatic heterocycles. The number of halogens is 2. The molecule has 0 bridgehead atoms. The van der Waals surface area contributed by atoms with E-state index in [9.17, 15) is 18.4 Å². The van der Waals surface area contributed by atoms with Crippen molar-refractivity contribution in [3.05, 3.63) is 75.5 Å². The smallest absolute Gasteiger partial charge is 0.408 e. The lowest BCUT2D eigenvalue weighted by atomic mass is 10.1. The first kappa shape index (κ1) is 22.4. The van der Waals surface area contributed by atoms with E-state index in [1.54, 1.807) is 32.0 Å². The van der Waals surface area contributed by atoms with Crippen molar-refractivity contribution in [3.8, 4) is 5.69 Å². The number of aromatic nitrogens is 3. The maximum absolute atomic E-state index is 14.3. The summed E-state index contributed by atoms with van der Waals surface area (Å²) >= 11 is 0. The standard InChI is InChI=1S/C23H23F2N5O3/c1-13-21(14(2)30(27-13)18-7-5-15(24)11-17(18)25)22(31)26-16-6-8-20-19(12-16)29(23(32)33-20)10-9-28(3)4/h5-8,11-12H,9-10H2,1-4H3,(H,26,31). The van der Waals surface area contributed by atoms with Gasteiger partial charge in [0.05, 0.1) is 22.5 Å². The highest BCUT2D eigenvalue weighted by Crippen LogP contribution is 2.23. The lowest BCUT2D eigenvalue weighted by molar-refractivity contribution is 0.102. The van der Waals surface area contributed by atoms with Gasteiger partial charge in [-0.1, -0.05) is 0 Å². The molecule has 0 aliphatic carbocycles. The number of fused-ring (bicyclic) bond motifs is 1. The van der Waals surface area contributed by atoms with E-state index in [1.807, 2.05) is 19.0 Å². The van der Waals surface area contributed by atoms with Crippen LogP contribution in [-0.4, -0.2) is 45.8 Å². The number of anilines is 1. The Balaban J connectivity index is 1.65. The van der Waals surface area contributed by atoms with Crippen LogP contribution in [0.2, 0.25) is 0 Å². The first-order valence-corrected chi connectivity index (χ1v) is 10.3. The van der Waals surface area contributed by atoms with Gasteiger partial charge in [-0.25, -0.2) is 18.3 Å². The van der Waals surface area contributed by atoms with Gasteiger partial charge in [-0.15, -0.1) is 0 Å². The summed E-state index contributed by atoms with van der Waals surface area (Å²) in [6, 6.07) is 8.09. The molecule has 0 radical (unpaired) electrons. The molecule has 0 spiro atoms. The normalized spacial score (nSPS) is 11.5. The van der Waals surface area contributed by atoms with E-state index in [-0.39, 0.29) is 11.3 Å². The maximum atomic E-state index is 14.3. The predicted octanol–water partition coefficient (Wildman–Crippen LogP) is 3.49. The summed E-state index contributed by atoms with van der Waals surface area (Å²) in [6.45, 7) is 4.35. The summed E-state index contributed by atoms with van der Waals surface area (Å²) in [5.41, 5.74) is 2.56. The topological polar surface area (TPSA) is 85.3 Å². The lowest BCUT2D eigenvalue weighted by Gasteiger charge is -2.10. The van der Waals surface area contributed by atoms with E-state index in [2.05, 4.69) is 10.4 Å². The van der Waals surface area contributed by atoms with E-state index in [1.165, 1.54) is 15.3 Å². The molecule has 10 heteroatoms. The Hall–Kier alpha value is -3.79. The van der Waals surface area contributed by atoms with E-state index in [0.29, 0.717) is 41.3 Å². The molecular formula is C23H23F2N5O3.